The molecule has 0 bridgehead atoms. The van der Waals surface area contributed by atoms with Crippen LogP contribution in [0, 0.1) is 0 Å². The average Bonchev–Trinajstić information content (AvgIpc) is 2.41. The lowest BCUT2D eigenvalue weighted by Crippen LogP contribution is -2.15. The van der Waals surface area contributed by atoms with Gasteiger partial charge in [0.15, 0.2) is 0 Å². The lowest BCUT2D eigenvalue weighted by Gasteiger charge is -2.10. The lowest BCUT2D eigenvalue weighted by atomic mass is 10.1. The molecule has 0 fully saturated rings. The van der Waals surface area contributed by atoms with Gasteiger partial charge in [-0.05, 0) is 24.3 Å². The van der Waals surface area contributed by atoms with E-state index in [9.17, 15) is 9.59 Å². The van der Waals surface area contributed by atoms with E-state index in [-0.39, 0.29) is 17.2 Å². The number of ether oxygens (including phenoxy) is 1. The zero-order chi connectivity index (χ0) is 15.4. The molecule has 6 heteroatoms. The van der Waals surface area contributed by atoms with Crippen LogP contribution in [-0.2, 0) is 4.79 Å². The van der Waals surface area contributed by atoms with E-state index in [0.29, 0.717) is 17.1 Å². The Hall–Kier alpha value is -3.02. The van der Waals surface area contributed by atoms with Crippen molar-refractivity contribution in [2.45, 2.75) is 6.92 Å². The summed E-state index contributed by atoms with van der Waals surface area (Å²) in [5.74, 6) is -0.473. The summed E-state index contributed by atoms with van der Waals surface area (Å²) in [5, 5.41) is 2.67. The molecule has 108 valence electrons. The maximum absolute atomic E-state index is 12.2. The highest BCUT2D eigenvalue weighted by molar-refractivity contribution is 6.09. The first kappa shape index (κ1) is 14.4. The minimum atomic E-state index is -0.432. The van der Waals surface area contributed by atoms with E-state index in [4.69, 9.17) is 16.2 Å². The molecule has 0 aliphatic carbocycles. The summed E-state index contributed by atoms with van der Waals surface area (Å²) in [5.41, 5.74) is 12.8. The molecule has 0 heterocycles. The SMILES string of the molecule is CC(=O)Oc1cccc(NC(=O)c2cccc(N)c2N)c1. The average molecular weight is 285 g/mol. The van der Waals surface area contributed by atoms with Crippen LogP contribution in [0.15, 0.2) is 42.5 Å². The van der Waals surface area contributed by atoms with E-state index in [1.807, 2.05) is 0 Å². The Morgan fingerprint density at radius 3 is 2.52 bits per heavy atom. The van der Waals surface area contributed by atoms with Crippen molar-refractivity contribution < 1.29 is 14.3 Å². The largest absolute Gasteiger partial charge is 0.427 e. The van der Waals surface area contributed by atoms with Gasteiger partial charge in [-0.1, -0.05) is 12.1 Å². The lowest BCUT2D eigenvalue weighted by molar-refractivity contribution is -0.131. The van der Waals surface area contributed by atoms with E-state index in [1.54, 1.807) is 42.5 Å². The molecule has 0 aromatic heterocycles. The maximum Gasteiger partial charge on any atom is 0.308 e. The molecule has 0 radical (unpaired) electrons. The smallest absolute Gasteiger partial charge is 0.308 e. The van der Waals surface area contributed by atoms with Gasteiger partial charge < -0.3 is 21.5 Å². The van der Waals surface area contributed by atoms with Gasteiger partial charge in [-0.15, -0.1) is 0 Å². The van der Waals surface area contributed by atoms with Gasteiger partial charge in [0.05, 0.1) is 16.9 Å². The number of anilines is 3. The van der Waals surface area contributed by atoms with Crippen LogP contribution in [0.25, 0.3) is 0 Å². The Bertz CT molecular complexity index is 698. The molecule has 0 saturated heterocycles. The monoisotopic (exact) mass is 285 g/mol. The number of benzene rings is 2. The highest BCUT2D eigenvalue weighted by atomic mass is 16.5. The molecular formula is C15H15N3O3. The highest BCUT2D eigenvalue weighted by Crippen LogP contribution is 2.22. The van der Waals surface area contributed by atoms with Gasteiger partial charge in [0, 0.05) is 18.7 Å². The molecule has 0 aliphatic heterocycles. The van der Waals surface area contributed by atoms with Crippen LogP contribution >= 0.6 is 0 Å². The number of hydrogen-bond donors (Lipinski definition) is 3. The van der Waals surface area contributed by atoms with Gasteiger partial charge in [-0.25, -0.2) is 0 Å². The number of amides is 1. The predicted octanol–water partition coefficient (Wildman–Crippen LogP) is 2.03. The first-order chi connectivity index (χ1) is 9.97. The van der Waals surface area contributed by atoms with Crippen LogP contribution in [-0.4, -0.2) is 11.9 Å². The second-order valence-electron chi connectivity index (χ2n) is 4.38. The summed E-state index contributed by atoms with van der Waals surface area (Å²) < 4.78 is 4.95. The molecule has 2 rings (SSSR count). The van der Waals surface area contributed by atoms with Crippen molar-refractivity contribution in [2.24, 2.45) is 0 Å². The molecule has 6 nitrogen and oxygen atoms in total. The quantitative estimate of drug-likeness (QED) is 0.454. The zero-order valence-corrected chi connectivity index (χ0v) is 11.4. The van der Waals surface area contributed by atoms with Crippen LogP contribution in [0.4, 0.5) is 17.1 Å². The molecule has 2 aromatic carbocycles. The third kappa shape index (κ3) is 3.50. The molecule has 0 atom stereocenters. The number of hydrogen-bond acceptors (Lipinski definition) is 5. The second-order valence-corrected chi connectivity index (χ2v) is 4.38. The van der Waals surface area contributed by atoms with E-state index >= 15 is 0 Å². The molecular weight excluding hydrogens is 270 g/mol. The minimum absolute atomic E-state index is 0.228. The summed E-state index contributed by atoms with van der Waals surface area (Å²) in [6, 6.07) is 11.3. The number of carbonyl (C=O) groups excluding carboxylic acids is 2. The second kappa shape index (κ2) is 5.96. The minimum Gasteiger partial charge on any atom is -0.427 e. The van der Waals surface area contributed by atoms with E-state index in [0.717, 1.165) is 0 Å². The predicted molar refractivity (Wildman–Crippen MR) is 81.0 cm³/mol. The van der Waals surface area contributed by atoms with Gasteiger partial charge >= 0.3 is 5.97 Å². The van der Waals surface area contributed by atoms with Crippen molar-refractivity contribution in [3.8, 4) is 5.75 Å². The molecule has 0 unspecified atom stereocenters. The molecule has 2 aromatic rings. The van der Waals surface area contributed by atoms with Gasteiger partial charge in [0.2, 0.25) is 0 Å². The Labute approximate surface area is 121 Å². The summed E-state index contributed by atoms with van der Waals surface area (Å²) >= 11 is 0. The van der Waals surface area contributed by atoms with E-state index < -0.39 is 5.97 Å². The Morgan fingerprint density at radius 2 is 1.81 bits per heavy atom. The Balaban J connectivity index is 2.20. The summed E-state index contributed by atoms with van der Waals surface area (Å²) in [6.07, 6.45) is 0. The number of esters is 1. The molecule has 0 saturated carbocycles. The van der Waals surface area contributed by atoms with E-state index in [1.165, 1.54) is 6.92 Å². The van der Waals surface area contributed by atoms with Crippen LogP contribution < -0.4 is 21.5 Å². The zero-order valence-electron chi connectivity index (χ0n) is 11.4. The number of nitrogens with two attached hydrogens (primary N) is 2. The van der Waals surface area contributed by atoms with Crippen LogP contribution in [0.5, 0.6) is 5.75 Å². The maximum atomic E-state index is 12.2. The number of rotatable bonds is 3. The van der Waals surface area contributed by atoms with E-state index in [2.05, 4.69) is 5.32 Å². The first-order valence-electron chi connectivity index (χ1n) is 6.21. The number of nitrogens with one attached hydrogen (secondary N) is 1. The number of para-hydroxylation sites is 1. The third-order valence-corrected chi connectivity index (χ3v) is 2.74. The van der Waals surface area contributed by atoms with Crippen LogP contribution in [0.2, 0.25) is 0 Å². The summed E-state index contributed by atoms with van der Waals surface area (Å²) in [6.45, 7) is 1.30. The third-order valence-electron chi connectivity index (χ3n) is 2.74. The molecule has 21 heavy (non-hydrogen) atoms. The molecule has 0 aliphatic rings. The summed E-state index contributed by atoms with van der Waals surface area (Å²) in [4.78, 5) is 23.1. The van der Waals surface area contributed by atoms with Crippen LogP contribution in [0.3, 0.4) is 0 Å². The van der Waals surface area contributed by atoms with Crippen molar-refractivity contribution in [1.29, 1.82) is 0 Å². The normalized spacial score (nSPS) is 9.95. The molecule has 0 spiro atoms. The number of carbonyl (C=O) groups is 2. The first-order valence-corrected chi connectivity index (χ1v) is 6.21. The van der Waals surface area contributed by atoms with Crippen molar-refractivity contribution in [3.05, 3.63) is 48.0 Å². The topological polar surface area (TPSA) is 107 Å². The fraction of sp³-hybridized carbons (Fsp3) is 0.0667. The van der Waals surface area contributed by atoms with Crippen LogP contribution in [0.1, 0.15) is 17.3 Å². The fourth-order valence-corrected chi connectivity index (χ4v) is 1.78. The highest BCUT2D eigenvalue weighted by Gasteiger charge is 2.12. The van der Waals surface area contributed by atoms with Gasteiger partial charge in [-0.2, -0.15) is 0 Å². The Morgan fingerprint density at radius 1 is 1.10 bits per heavy atom. The standard InChI is InChI=1S/C15H15N3O3/c1-9(19)21-11-5-2-4-10(8-11)18-15(20)12-6-3-7-13(16)14(12)17/h2-8H,16-17H2,1H3,(H,18,20). The molecule has 1 amide bonds. The molecule has 5 N–H and O–H groups in total. The Kier molecular flexibility index (Phi) is 4.08. The fourth-order valence-electron chi connectivity index (χ4n) is 1.78. The van der Waals surface area contributed by atoms with Crippen molar-refractivity contribution in [3.63, 3.8) is 0 Å². The van der Waals surface area contributed by atoms with Crippen molar-refractivity contribution in [2.75, 3.05) is 16.8 Å². The van der Waals surface area contributed by atoms with Gasteiger partial charge in [0.1, 0.15) is 5.75 Å². The van der Waals surface area contributed by atoms with Gasteiger partial charge in [-0.3, -0.25) is 9.59 Å². The van der Waals surface area contributed by atoms with Gasteiger partial charge in [0.25, 0.3) is 5.91 Å². The summed E-state index contributed by atoms with van der Waals surface area (Å²) in [7, 11) is 0. The van der Waals surface area contributed by atoms with Crippen molar-refractivity contribution in [1.82, 2.24) is 0 Å². The van der Waals surface area contributed by atoms with Crippen molar-refractivity contribution >= 4 is 28.9 Å². The number of nitrogen functional groups attached to an aromatic ring is 2.